The Balaban J connectivity index is 1.61. The number of hydrogen-bond donors (Lipinski definition) is 2. The molecular weight excluding hydrogens is 422 g/mol. The van der Waals surface area contributed by atoms with Crippen molar-refractivity contribution in [3.8, 4) is 17.1 Å². The molecule has 2 N–H and O–H groups in total. The van der Waals surface area contributed by atoms with Crippen molar-refractivity contribution < 1.29 is 8.85 Å². The number of ether oxygens (including phenoxy) is 1. The normalized spacial score (nSPS) is 15.4. The number of para-hydroxylation sites is 1. The Morgan fingerprint density at radius 1 is 1.21 bits per heavy atom. The summed E-state index contributed by atoms with van der Waals surface area (Å²) in [5.74, 6) is 1.98. The van der Waals surface area contributed by atoms with E-state index in [9.17, 15) is 4.79 Å². The number of nitrogens with one attached hydrogen (secondary N) is 2. The average molecular weight is 446 g/mol. The number of aryl methyl sites for hydroxylation is 2. The summed E-state index contributed by atoms with van der Waals surface area (Å²) in [6.45, 7) is -2.71. The Hall–Kier alpha value is -4.28. The van der Waals surface area contributed by atoms with Gasteiger partial charge in [0.2, 0.25) is 0 Å². The van der Waals surface area contributed by atoms with Gasteiger partial charge in [-0.15, -0.1) is 0 Å². The van der Waals surface area contributed by atoms with Crippen molar-refractivity contribution in [3.05, 3.63) is 47.0 Å². The second-order valence-corrected chi connectivity index (χ2v) is 7.95. The molecule has 0 unspecified atom stereocenters. The molecule has 1 aliphatic carbocycles. The number of rotatable bonds is 5. The van der Waals surface area contributed by atoms with Gasteiger partial charge in [-0.05, 0) is 25.0 Å². The second-order valence-electron chi connectivity index (χ2n) is 7.95. The minimum atomic E-state index is -2.71. The lowest BCUT2D eigenvalue weighted by Crippen LogP contribution is -2.19. The van der Waals surface area contributed by atoms with Gasteiger partial charge in [-0.1, -0.05) is 6.07 Å². The Kier molecular flexibility index (Phi) is 3.53. The van der Waals surface area contributed by atoms with E-state index in [1.165, 1.54) is 7.11 Å². The number of aromatic nitrogens is 8. The number of fused-ring (bicyclic) bond motifs is 2. The Morgan fingerprint density at radius 3 is 2.82 bits per heavy atom. The van der Waals surface area contributed by atoms with Crippen molar-refractivity contribution >= 4 is 33.6 Å². The Labute approximate surface area is 191 Å². The average Bonchev–Trinajstić information content (AvgIpc) is 3.45. The summed E-state index contributed by atoms with van der Waals surface area (Å²) in [5, 5.41) is 7.67. The Bertz CT molecular complexity index is 1700. The number of nitrogens with zero attached hydrogens (tertiary/aromatic N) is 7. The van der Waals surface area contributed by atoms with Crippen LogP contribution >= 0.6 is 0 Å². The van der Waals surface area contributed by atoms with E-state index in [-0.39, 0.29) is 11.0 Å². The third-order valence-corrected chi connectivity index (χ3v) is 5.65. The first kappa shape index (κ1) is 16.4. The van der Waals surface area contributed by atoms with Gasteiger partial charge in [0.15, 0.2) is 22.9 Å². The lowest BCUT2D eigenvalue weighted by molar-refractivity contribution is 0.418. The largest absolute Gasteiger partial charge is 0.494 e. The SMILES string of the molecule is [2H]C([2H])([2H])n1cnc2nc3nc(C4CC4)[nH]c3c(Nc3cccc(-c4ncn(C)n4)c3OC)c2c1=O. The number of aromatic amines is 1. The summed E-state index contributed by atoms with van der Waals surface area (Å²) in [7, 11) is 3.29. The van der Waals surface area contributed by atoms with E-state index in [0.717, 1.165) is 25.0 Å². The van der Waals surface area contributed by atoms with Crippen LogP contribution in [0.5, 0.6) is 5.75 Å². The van der Waals surface area contributed by atoms with Gasteiger partial charge in [0, 0.05) is 24.1 Å². The third-order valence-electron chi connectivity index (χ3n) is 5.65. The molecule has 0 radical (unpaired) electrons. The number of anilines is 2. The highest BCUT2D eigenvalue weighted by Gasteiger charge is 2.29. The van der Waals surface area contributed by atoms with E-state index in [4.69, 9.17) is 8.85 Å². The van der Waals surface area contributed by atoms with Gasteiger partial charge in [0.1, 0.15) is 23.1 Å². The van der Waals surface area contributed by atoms with Crippen molar-refractivity contribution in [1.29, 1.82) is 0 Å². The summed E-state index contributed by atoms with van der Waals surface area (Å²) in [4.78, 5) is 34.3. The fourth-order valence-electron chi connectivity index (χ4n) is 3.92. The third kappa shape index (κ3) is 3.12. The summed E-state index contributed by atoms with van der Waals surface area (Å²) < 4.78 is 31.2. The number of H-pyrrole nitrogens is 1. The van der Waals surface area contributed by atoms with Crippen molar-refractivity contribution in [1.82, 2.24) is 39.3 Å². The highest BCUT2D eigenvalue weighted by atomic mass is 16.5. The number of pyridine rings is 1. The summed E-state index contributed by atoms with van der Waals surface area (Å²) in [5.41, 5.74) is 1.67. The molecule has 0 spiro atoms. The minimum Gasteiger partial charge on any atom is -0.494 e. The monoisotopic (exact) mass is 446 g/mol. The Morgan fingerprint density at radius 2 is 2.09 bits per heavy atom. The molecule has 6 rings (SSSR count). The zero-order valence-corrected chi connectivity index (χ0v) is 17.8. The van der Waals surface area contributed by atoms with Gasteiger partial charge < -0.3 is 19.6 Å². The zero-order valence-electron chi connectivity index (χ0n) is 20.8. The van der Waals surface area contributed by atoms with Crippen LogP contribution in [0.25, 0.3) is 33.6 Å². The standard InChI is InChI=1S/C22H21N9O2/c1-30-9-23-20-14(22(30)32)15(16-21(28-20)27-18(26-16)11-7-8-11)25-13-6-4-5-12(17(13)33-3)19-24-10-31(2)29-19/h4-6,9-11H,7-8H2,1-3H3,(H2,25,26,27,28)/i1D3. The van der Waals surface area contributed by atoms with Crippen LogP contribution < -0.4 is 15.6 Å². The van der Waals surface area contributed by atoms with Gasteiger partial charge in [0.05, 0.1) is 30.4 Å². The molecule has 1 saturated carbocycles. The lowest BCUT2D eigenvalue weighted by Gasteiger charge is -2.15. The van der Waals surface area contributed by atoms with Crippen LogP contribution in [0.15, 0.2) is 35.6 Å². The highest BCUT2D eigenvalue weighted by Crippen LogP contribution is 2.42. The lowest BCUT2D eigenvalue weighted by atomic mass is 10.1. The first-order valence-corrected chi connectivity index (χ1v) is 10.4. The molecular formula is C22H21N9O2. The molecule has 11 heteroatoms. The van der Waals surface area contributed by atoms with Crippen LogP contribution in [0.3, 0.4) is 0 Å². The number of methoxy groups -OCH3 is 1. The molecule has 0 amide bonds. The van der Waals surface area contributed by atoms with Gasteiger partial charge in [-0.3, -0.25) is 9.48 Å². The molecule has 4 heterocycles. The molecule has 1 fully saturated rings. The summed E-state index contributed by atoms with van der Waals surface area (Å²) >= 11 is 0. The molecule has 33 heavy (non-hydrogen) atoms. The van der Waals surface area contributed by atoms with E-state index in [1.807, 2.05) is 6.07 Å². The fourth-order valence-corrected chi connectivity index (χ4v) is 3.92. The summed E-state index contributed by atoms with van der Waals surface area (Å²) in [6.07, 6.45) is 4.60. The quantitative estimate of drug-likeness (QED) is 0.422. The molecule has 0 atom stereocenters. The smallest absolute Gasteiger partial charge is 0.264 e. The summed E-state index contributed by atoms with van der Waals surface area (Å²) in [6, 6.07) is 5.41. The predicted octanol–water partition coefficient (Wildman–Crippen LogP) is 2.63. The molecule has 0 aliphatic heterocycles. The van der Waals surface area contributed by atoms with Crippen molar-refractivity contribution in [2.75, 3.05) is 12.4 Å². The van der Waals surface area contributed by atoms with E-state index < -0.39 is 12.5 Å². The number of benzene rings is 1. The molecule has 5 aromatic rings. The molecule has 166 valence electrons. The highest BCUT2D eigenvalue weighted by molar-refractivity contribution is 6.05. The molecule has 11 nitrogen and oxygen atoms in total. The molecule has 1 aliphatic rings. The van der Waals surface area contributed by atoms with Crippen molar-refractivity contribution in [3.63, 3.8) is 0 Å². The van der Waals surface area contributed by atoms with Gasteiger partial charge in [-0.25, -0.2) is 19.9 Å². The molecule has 0 bridgehead atoms. The van der Waals surface area contributed by atoms with Crippen molar-refractivity contribution in [2.24, 2.45) is 14.0 Å². The van der Waals surface area contributed by atoms with Crippen LogP contribution in [0.1, 0.15) is 28.7 Å². The maximum atomic E-state index is 13.4. The zero-order chi connectivity index (χ0) is 25.2. The first-order chi connectivity index (χ1) is 17.2. The second kappa shape index (κ2) is 7.12. The fraction of sp³-hybridized carbons (Fsp3) is 0.273. The maximum Gasteiger partial charge on any atom is 0.264 e. The van der Waals surface area contributed by atoms with Crippen LogP contribution in [-0.2, 0) is 14.0 Å². The molecule has 0 saturated heterocycles. The van der Waals surface area contributed by atoms with Gasteiger partial charge in [0.25, 0.3) is 5.56 Å². The van der Waals surface area contributed by atoms with E-state index in [2.05, 4.69) is 35.3 Å². The number of imidazole rings is 1. The predicted molar refractivity (Wildman–Crippen MR) is 123 cm³/mol. The van der Waals surface area contributed by atoms with Gasteiger partial charge in [-0.2, -0.15) is 5.10 Å². The van der Waals surface area contributed by atoms with Crippen LogP contribution in [0, 0.1) is 0 Å². The minimum absolute atomic E-state index is 0.0236. The van der Waals surface area contributed by atoms with E-state index >= 15 is 0 Å². The van der Waals surface area contributed by atoms with Crippen molar-refractivity contribution in [2.45, 2.75) is 18.8 Å². The van der Waals surface area contributed by atoms with Crippen LogP contribution in [0.2, 0.25) is 0 Å². The van der Waals surface area contributed by atoms with E-state index in [1.54, 1.807) is 30.2 Å². The first-order valence-electron chi connectivity index (χ1n) is 11.9. The van der Waals surface area contributed by atoms with Gasteiger partial charge >= 0.3 is 0 Å². The van der Waals surface area contributed by atoms with E-state index in [0.29, 0.717) is 50.2 Å². The topological polar surface area (TPSA) is 128 Å². The number of hydrogen-bond acceptors (Lipinski definition) is 8. The van der Waals surface area contributed by atoms with Crippen LogP contribution in [0.4, 0.5) is 11.4 Å². The maximum absolute atomic E-state index is 13.4. The molecule has 4 aromatic heterocycles. The van der Waals surface area contributed by atoms with Crippen LogP contribution in [-0.4, -0.2) is 46.4 Å². The molecule has 1 aromatic carbocycles.